The fourth-order valence-corrected chi connectivity index (χ4v) is 2.80. The molecule has 1 saturated carbocycles. The number of carbonyl (C=O) groups excluding carboxylic acids is 1. The predicted molar refractivity (Wildman–Crippen MR) is 91.7 cm³/mol. The van der Waals surface area contributed by atoms with Gasteiger partial charge in [-0.2, -0.15) is 10.4 Å². The van der Waals surface area contributed by atoms with Gasteiger partial charge in [-0.3, -0.25) is 9.69 Å². The Morgan fingerprint density at radius 2 is 2.17 bits per heavy atom. The summed E-state index contributed by atoms with van der Waals surface area (Å²) in [7, 11) is 1.96. The van der Waals surface area contributed by atoms with Crippen molar-refractivity contribution in [3.63, 3.8) is 0 Å². The fourth-order valence-electron chi connectivity index (χ4n) is 2.80. The quantitative estimate of drug-likeness (QED) is 0.886. The number of nitrogens with zero attached hydrogens (tertiary/aromatic N) is 4. The zero-order valence-electron chi connectivity index (χ0n) is 13.9. The van der Waals surface area contributed by atoms with Crippen LogP contribution >= 0.6 is 0 Å². The molecule has 1 amide bonds. The van der Waals surface area contributed by atoms with Crippen LogP contribution in [0.5, 0.6) is 0 Å². The van der Waals surface area contributed by atoms with Gasteiger partial charge in [-0.25, -0.2) is 4.68 Å². The highest BCUT2D eigenvalue weighted by molar-refractivity contribution is 5.92. The normalized spacial score (nSPS) is 15.1. The van der Waals surface area contributed by atoms with Gasteiger partial charge in [-0.15, -0.1) is 0 Å². The van der Waals surface area contributed by atoms with Crippen molar-refractivity contribution in [2.45, 2.75) is 25.8 Å². The lowest BCUT2D eigenvalue weighted by atomic mass is 10.2. The van der Waals surface area contributed by atoms with Crippen molar-refractivity contribution in [1.82, 2.24) is 14.7 Å². The number of carbonyl (C=O) groups is 1. The summed E-state index contributed by atoms with van der Waals surface area (Å²) in [5, 5.41) is 16.4. The lowest BCUT2D eigenvalue weighted by Crippen LogP contribution is -2.37. The van der Waals surface area contributed by atoms with E-state index in [4.69, 9.17) is 0 Å². The molecule has 1 heterocycles. The van der Waals surface area contributed by atoms with Crippen molar-refractivity contribution in [2.24, 2.45) is 5.92 Å². The number of amides is 1. The van der Waals surface area contributed by atoms with Crippen LogP contribution in [-0.4, -0.2) is 40.2 Å². The summed E-state index contributed by atoms with van der Waals surface area (Å²) in [6.07, 6.45) is 3.96. The molecule has 0 bridgehead atoms. The number of hydrogen-bond acceptors (Lipinski definition) is 4. The summed E-state index contributed by atoms with van der Waals surface area (Å²) in [5.74, 6) is 0.979. The van der Waals surface area contributed by atoms with Gasteiger partial charge in [-0.05, 0) is 44.9 Å². The zero-order valence-corrected chi connectivity index (χ0v) is 13.9. The third kappa shape index (κ3) is 3.47. The minimum atomic E-state index is -0.140. The molecular formula is C18H21N5O. The minimum absolute atomic E-state index is 0.140. The Labute approximate surface area is 141 Å². The van der Waals surface area contributed by atoms with Crippen molar-refractivity contribution in [3.05, 3.63) is 42.1 Å². The maximum atomic E-state index is 12.4. The Morgan fingerprint density at radius 3 is 2.79 bits per heavy atom. The van der Waals surface area contributed by atoms with Gasteiger partial charge in [0.25, 0.3) is 0 Å². The summed E-state index contributed by atoms with van der Waals surface area (Å²) in [5.41, 5.74) is 1.15. The average molecular weight is 323 g/mol. The van der Waals surface area contributed by atoms with Crippen LogP contribution in [0.25, 0.3) is 5.69 Å². The van der Waals surface area contributed by atoms with E-state index in [1.165, 1.54) is 19.0 Å². The number of likely N-dealkylation sites (N-methyl/N-ethyl adjacent to an activating group) is 1. The van der Waals surface area contributed by atoms with Crippen molar-refractivity contribution < 1.29 is 4.79 Å². The molecule has 0 aliphatic heterocycles. The molecule has 0 spiro atoms. The average Bonchev–Trinajstić information content (AvgIpc) is 3.36. The molecule has 6 nitrogen and oxygen atoms in total. The highest BCUT2D eigenvalue weighted by atomic mass is 16.2. The molecule has 1 aliphatic carbocycles. The first-order valence-corrected chi connectivity index (χ1v) is 8.13. The molecule has 1 aromatic carbocycles. The Hall–Kier alpha value is -2.65. The van der Waals surface area contributed by atoms with E-state index in [0.717, 1.165) is 5.69 Å². The SMILES string of the molecule is C[C@H](C1CC1)N(C)CC(=O)Nc1c(C#N)cnn1-c1ccccc1. The summed E-state index contributed by atoms with van der Waals surface area (Å²) in [4.78, 5) is 14.5. The maximum absolute atomic E-state index is 12.4. The molecule has 1 N–H and O–H groups in total. The summed E-state index contributed by atoms with van der Waals surface area (Å²) in [6, 6.07) is 11.9. The summed E-state index contributed by atoms with van der Waals surface area (Å²) in [6.45, 7) is 2.45. The third-order valence-corrected chi connectivity index (χ3v) is 4.54. The molecule has 2 aromatic rings. The van der Waals surface area contributed by atoms with E-state index in [-0.39, 0.29) is 5.91 Å². The molecule has 6 heteroatoms. The van der Waals surface area contributed by atoms with Crippen molar-refractivity contribution in [1.29, 1.82) is 5.26 Å². The Kier molecular flexibility index (Phi) is 4.63. The van der Waals surface area contributed by atoms with Gasteiger partial charge in [-0.1, -0.05) is 18.2 Å². The molecule has 3 rings (SSSR count). The standard InChI is InChI=1S/C18H21N5O/c1-13(14-8-9-14)22(2)12-17(24)21-18-15(10-19)11-20-23(18)16-6-4-3-5-7-16/h3-7,11,13-14H,8-9,12H2,1-2H3,(H,21,24)/t13-/m1/s1. The summed E-state index contributed by atoms with van der Waals surface area (Å²) >= 11 is 0. The van der Waals surface area contributed by atoms with E-state index in [2.05, 4.69) is 28.3 Å². The first-order valence-electron chi connectivity index (χ1n) is 8.13. The van der Waals surface area contributed by atoms with Gasteiger partial charge >= 0.3 is 0 Å². The monoisotopic (exact) mass is 323 g/mol. The van der Waals surface area contributed by atoms with Gasteiger partial charge in [0.1, 0.15) is 11.6 Å². The highest BCUT2D eigenvalue weighted by Gasteiger charge is 2.31. The first-order chi connectivity index (χ1) is 11.6. The second-order valence-corrected chi connectivity index (χ2v) is 6.31. The molecule has 1 aliphatic rings. The molecule has 0 radical (unpaired) electrons. The number of rotatable bonds is 6. The van der Waals surface area contributed by atoms with Crippen LogP contribution in [0.15, 0.2) is 36.5 Å². The van der Waals surface area contributed by atoms with Gasteiger partial charge in [0.2, 0.25) is 5.91 Å². The predicted octanol–water partition coefficient (Wildman–Crippen LogP) is 2.41. The van der Waals surface area contributed by atoms with Gasteiger partial charge in [0, 0.05) is 6.04 Å². The van der Waals surface area contributed by atoms with Crippen molar-refractivity contribution >= 4 is 11.7 Å². The van der Waals surface area contributed by atoms with E-state index in [1.54, 1.807) is 4.68 Å². The van der Waals surface area contributed by atoms with Crippen LogP contribution in [0.3, 0.4) is 0 Å². The number of nitrogens with one attached hydrogen (secondary N) is 1. The van der Waals surface area contributed by atoms with Crippen LogP contribution in [0, 0.1) is 17.2 Å². The van der Waals surface area contributed by atoms with Gasteiger partial charge in [0.15, 0.2) is 5.82 Å². The minimum Gasteiger partial charge on any atom is -0.308 e. The van der Waals surface area contributed by atoms with Gasteiger partial charge in [0.05, 0.1) is 18.4 Å². The van der Waals surface area contributed by atoms with Crippen LogP contribution in [0.1, 0.15) is 25.3 Å². The van der Waals surface area contributed by atoms with E-state index in [1.807, 2.05) is 37.4 Å². The number of hydrogen-bond donors (Lipinski definition) is 1. The smallest absolute Gasteiger partial charge is 0.239 e. The molecular weight excluding hydrogens is 302 g/mol. The topological polar surface area (TPSA) is 74.0 Å². The highest BCUT2D eigenvalue weighted by Crippen LogP contribution is 2.34. The largest absolute Gasteiger partial charge is 0.308 e. The van der Waals surface area contributed by atoms with Gasteiger partial charge < -0.3 is 5.32 Å². The fraction of sp³-hybridized carbons (Fsp3) is 0.389. The molecule has 24 heavy (non-hydrogen) atoms. The lowest BCUT2D eigenvalue weighted by molar-refractivity contribution is -0.117. The number of para-hydroxylation sites is 1. The Morgan fingerprint density at radius 1 is 1.46 bits per heavy atom. The molecule has 1 atom stereocenters. The second-order valence-electron chi connectivity index (χ2n) is 6.31. The molecule has 0 unspecified atom stereocenters. The number of aromatic nitrogens is 2. The third-order valence-electron chi connectivity index (χ3n) is 4.54. The van der Waals surface area contributed by atoms with E-state index in [0.29, 0.717) is 29.9 Å². The Balaban J connectivity index is 1.75. The van der Waals surface area contributed by atoms with E-state index >= 15 is 0 Å². The molecule has 1 aromatic heterocycles. The van der Waals surface area contributed by atoms with Crippen LogP contribution < -0.4 is 5.32 Å². The zero-order chi connectivity index (χ0) is 17.1. The Bertz CT molecular complexity index is 757. The van der Waals surface area contributed by atoms with Crippen LogP contribution in [0.2, 0.25) is 0 Å². The molecule has 1 fully saturated rings. The summed E-state index contributed by atoms with van der Waals surface area (Å²) < 4.78 is 1.58. The number of anilines is 1. The van der Waals surface area contributed by atoms with Crippen LogP contribution in [0.4, 0.5) is 5.82 Å². The second kappa shape index (κ2) is 6.85. The van der Waals surface area contributed by atoms with Crippen LogP contribution in [-0.2, 0) is 4.79 Å². The van der Waals surface area contributed by atoms with Crippen molar-refractivity contribution in [2.75, 3.05) is 18.9 Å². The van der Waals surface area contributed by atoms with E-state index < -0.39 is 0 Å². The van der Waals surface area contributed by atoms with Crippen molar-refractivity contribution in [3.8, 4) is 11.8 Å². The molecule has 124 valence electrons. The molecule has 0 saturated heterocycles. The number of nitriles is 1. The first kappa shape index (κ1) is 16.2. The lowest BCUT2D eigenvalue weighted by Gasteiger charge is -2.23. The maximum Gasteiger partial charge on any atom is 0.239 e. The van der Waals surface area contributed by atoms with E-state index in [9.17, 15) is 10.1 Å². The number of benzene rings is 1.